The molecule has 0 aliphatic heterocycles. The Hall–Kier alpha value is -4.09. The fraction of sp³-hybridized carbons (Fsp3) is 0.913. The van der Waals surface area contributed by atoms with Crippen LogP contribution in [0.4, 0.5) is 9.59 Å². The number of aliphatic hydroxyl groups excluding tert-OH is 4. The van der Waals surface area contributed by atoms with Crippen molar-refractivity contribution >= 4 is 30.2 Å². The first-order valence-corrected chi connectivity index (χ1v) is 35.1. The zero-order chi connectivity index (χ0) is 64.4. The minimum absolute atomic E-state index is 0.0472. The van der Waals surface area contributed by atoms with E-state index in [1.54, 1.807) is 20.3 Å². The first kappa shape index (κ1) is 79.1. The van der Waals surface area contributed by atoms with E-state index in [-0.39, 0.29) is 74.8 Å². The van der Waals surface area contributed by atoms with Crippen LogP contribution in [-0.2, 0) is 47.5 Å². The Morgan fingerprint density at radius 1 is 0.404 bits per heavy atom. The molecule has 6 N–H and O–H groups in total. The lowest BCUT2D eigenvalue weighted by atomic mass is 9.74. The first-order chi connectivity index (χ1) is 43.4. The number of rotatable bonds is 35. The van der Waals surface area contributed by atoms with Crippen LogP contribution < -0.4 is 10.6 Å². The molecule has 20 nitrogen and oxygen atoms in total. The molecule has 20 heteroatoms. The van der Waals surface area contributed by atoms with Crippen molar-refractivity contribution in [2.24, 2.45) is 52.3 Å². The summed E-state index contributed by atoms with van der Waals surface area (Å²) in [5, 5.41) is 47.0. The van der Waals surface area contributed by atoms with Gasteiger partial charge in [0.1, 0.15) is 6.10 Å². The number of isocyanates is 1. The first-order valence-electron chi connectivity index (χ1n) is 35.1. The minimum Gasteiger partial charge on any atom is -0.466 e. The van der Waals surface area contributed by atoms with Crippen LogP contribution in [0, 0.1) is 58.9 Å². The number of hydrogen-bond donors (Lipinski definition) is 6. The van der Waals surface area contributed by atoms with Gasteiger partial charge in [0.2, 0.25) is 6.08 Å². The molecule has 0 saturated heterocycles. The number of hydrogen-bond acceptors (Lipinski definition) is 18. The summed E-state index contributed by atoms with van der Waals surface area (Å²) in [6.45, 7) is 3.82. The third-order valence-corrected chi connectivity index (χ3v) is 19.4. The van der Waals surface area contributed by atoms with Gasteiger partial charge in [0.05, 0.1) is 32.5 Å². The number of carbonyl (C=O) groups excluding carboxylic acids is 5. The molecule has 0 bridgehead atoms. The highest BCUT2D eigenvalue weighted by Gasteiger charge is 2.32. The van der Waals surface area contributed by atoms with Crippen molar-refractivity contribution in [3.05, 3.63) is 0 Å². The lowest BCUT2D eigenvalue weighted by Gasteiger charge is -2.34. The Bertz CT molecular complexity index is 1760. The summed E-state index contributed by atoms with van der Waals surface area (Å²) >= 11 is 0. The molecule has 0 unspecified atom stereocenters. The van der Waals surface area contributed by atoms with E-state index in [2.05, 4.69) is 15.6 Å². The van der Waals surface area contributed by atoms with Gasteiger partial charge in [0.15, 0.2) is 0 Å². The molecule has 0 aromatic heterocycles. The highest BCUT2D eigenvalue weighted by Crippen LogP contribution is 2.41. The molecule has 2 amide bonds. The van der Waals surface area contributed by atoms with E-state index >= 15 is 0 Å². The highest BCUT2D eigenvalue weighted by molar-refractivity contribution is 5.70. The zero-order valence-corrected chi connectivity index (χ0v) is 55.2. The molecule has 6 aliphatic carbocycles. The number of aliphatic imine (C=N–C) groups is 1. The van der Waals surface area contributed by atoms with Crippen molar-refractivity contribution in [1.82, 2.24) is 10.6 Å². The van der Waals surface area contributed by atoms with Gasteiger partial charge in [-0.15, -0.1) is 0 Å². The molecule has 89 heavy (non-hydrogen) atoms. The summed E-state index contributed by atoms with van der Waals surface area (Å²) in [6, 6.07) is 0.632. The second kappa shape index (κ2) is 52.4. The smallest absolute Gasteiger partial charge is 0.407 e. The van der Waals surface area contributed by atoms with E-state index in [4.69, 9.17) is 58.8 Å². The standard InChI is InChI=1S/C46H80N2O10.C15H22N2O2.2C4H10O2/c1-53-25-3-5-27-55-43(49)33-39-13-9-35(10-14-39)31-38-19-23-42(24-20-38)48-46(52)58-30-8-7-28-56-44(50)34-40-15-11-36(12-16-40)32-37-17-21-41(22-18-37)47-45(51)57-29-6-4-26-54-2;16-10-19-15-7-3-13(4-8-15)9-12-1-5-14(6-2-12)17-11-18;2*5-3-1-2-4-6/h35-42H,3-34H2,1-2H3,(H,47,51)(H,48,52);12-15H,1-9H2;2*5-6H,1-4H2. The molecule has 6 fully saturated rings. The monoisotopic (exact) mass is 1260 g/mol. The van der Waals surface area contributed by atoms with Crippen LogP contribution in [0.3, 0.4) is 0 Å². The summed E-state index contributed by atoms with van der Waals surface area (Å²) in [4.78, 5) is 63.3. The number of unbranched alkanes of at least 4 members (excludes halogenated alkanes) is 5. The van der Waals surface area contributed by atoms with Crippen LogP contribution in [-0.4, -0.2) is 155 Å². The molecule has 6 rings (SSSR count). The van der Waals surface area contributed by atoms with Gasteiger partial charge in [-0.05, 0) is 259 Å². The summed E-state index contributed by atoms with van der Waals surface area (Å²) < 4.78 is 36.8. The molecule has 6 aliphatic rings. The summed E-state index contributed by atoms with van der Waals surface area (Å²) in [5.74, 6) is 5.26. The van der Waals surface area contributed by atoms with Gasteiger partial charge in [0.25, 0.3) is 6.26 Å². The van der Waals surface area contributed by atoms with E-state index in [9.17, 15) is 24.0 Å². The molecule has 0 heterocycles. The Kier molecular flexibility index (Phi) is 46.6. The van der Waals surface area contributed by atoms with Gasteiger partial charge in [-0.1, -0.05) is 25.7 Å². The van der Waals surface area contributed by atoms with Crippen molar-refractivity contribution in [1.29, 1.82) is 5.26 Å². The number of nitriles is 1. The number of methoxy groups -OCH3 is 2. The van der Waals surface area contributed by atoms with Crippen molar-refractivity contribution in [3.63, 3.8) is 0 Å². The van der Waals surface area contributed by atoms with Gasteiger partial charge in [-0.25, -0.2) is 19.4 Å². The van der Waals surface area contributed by atoms with Crippen LogP contribution in [0.5, 0.6) is 0 Å². The largest absolute Gasteiger partial charge is 0.466 e. The fourth-order valence-electron chi connectivity index (χ4n) is 14.0. The van der Waals surface area contributed by atoms with Crippen LogP contribution in [0.2, 0.25) is 0 Å². The fourth-order valence-corrected chi connectivity index (χ4v) is 14.0. The van der Waals surface area contributed by atoms with Crippen LogP contribution >= 0.6 is 0 Å². The average Bonchev–Trinajstić information content (AvgIpc) is 3.72. The van der Waals surface area contributed by atoms with Gasteiger partial charge in [0, 0.05) is 78.8 Å². The normalized spacial score (nSPS) is 26.6. The number of carbonyl (C=O) groups is 4. The van der Waals surface area contributed by atoms with Gasteiger partial charge >= 0.3 is 24.1 Å². The molecule has 0 atom stereocenters. The zero-order valence-electron chi connectivity index (χ0n) is 55.2. The second-order valence-electron chi connectivity index (χ2n) is 26.5. The van der Waals surface area contributed by atoms with Gasteiger partial charge < -0.3 is 64.2 Å². The SMILES string of the molecule is COCCCCOC(=O)CC1CCC(CC2CCC(NC(=O)OCCCCOC(=O)CC3CCC(CC4CCC(NC(=O)OCCCCOC)CC4)CC3)CC2)CC1.N#COC1CCC(CC2CCC(N=C=O)CC2)CC1.OCCCCO.OCCCCO. The number of amides is 2. The Morgan fingerprint density at radius 2 is 0.697 bits per heavy atom. The number of esters is 2. The van der Waals surface area contributed by atoms with Crippen molar-refractivity contribution < 1.29 is 77.6 Å². The van der Waals surface area contributed by atoms with Gasteiger partial charge in [-0.3, -0.25) is 9.59 Å². The Labute approximate surface area is 535 Å². The quantitative estimate of drug-likeness (QED) is 0.00858. The van der Waals surface area contributed by atoms with Crippen molar-refractivity contribution in [2.45, 2.75) is 275 Å². The minimum atomic E-state index is -0.338. The third-order valence-electron chi connectivity index (χ3n) is 19.4. The molecular weight excluding hydrogens is 1140 g/mol. The van der Waals surface area contributed by atoms with Crippen molar-refractivity contribution in [3.8, 4) is 6.26 Å². The maximum Gasteiger partial charge on any atom is 0.407 e. The lowest BCUT2D eigenvalue weighted by Crippen LogP contribution is -2.38. The average molecular weight is 1260 g/mol. The third kappa shape index (κ3) is 39.8. The van der Waals surface area contributed by atoms with Crippen LogP contribution in [0.15, 0.2) is 4.99 Å². The predicted molar refractivity (Wildman–Crippen MR) is 341 cm³/mol. The molecule has 6 saturated carbocycles. The van der Waals surface area contributed by atoms with Gasteiger partial charge in [-0.2, -0.15) is 5.26 Å². The molecule has 0 radical (unpaired) electrons. The number of nitrogens with zero attached hydrogens (tertiary/aromatic N) is 2. The van der Waals surface area contributed by atoms with Crippen molar-refractivity contribution in [2.75, 3.05) is 80.3 Å². The van der Waals surface area contributed by atoms with E-state index in [1.807, 2.05) is 6.26 Å². The Balaban J connectivity index is 0.000000540. The number of ether oxygens (including phenoxy) is 7. The number of aliphatic hydroxyl groups is 4. The van der Waals surface area contributed by atoms with Crippen LogP contribution in [0.1, 0.15) is 250 Å². The topological polar surface area (TPSA) is 291 Å². The molecular formula is C69H122N4O16. The maximum absolute atomic E-state index is 12.5. The van der Waals surface area contributed by atoms with E-state index in [0.29, 0.717) is 77.2 Å². The van der Waals surface area contributed by atoms with E-state index in [0.717, 1.165) is 190 Å². The molecule has 0 aromatic carbocycles. The number of alkyl carbamates (subject to hydrolysis) is 2. The lowest BCUT2D eigenvalue weighted by molar-refractivity contribution is -0.146. The molecule has 0 aromatic rings. The highest BCUT2D eigenvalue weighted by atomic mass is 16.6. The summed E-state index contributed by atoms with van der Waals surface area (Å²) in [5.41, 5.74) is 0. The van der Waals surface area contributed by atoms with E-state index in [1.165, 1.54) is 70.6 Å². The second-order valence-corrected chi connectivity index (χ2v) is 26.5. The number of nitrogens with one attached hydrogen (secondary N) is 2. The van der Waals surface area contributed by atoms with E-state index < -0.39 is 0 Å². The summed E-state index contributed by atoms with van der Waals surface area (Å²) in [7, 11) is 3.37. The molecule has 0 spiro atoms. The van der Waals surface area contributed by atoms with Crippen LogP contribution in [0.25, 0.3) is 0 Å². The predicted octanol–water partition coefficient (Wildman–Crippen LogP) is 12.3. The summed E-state index contributed by atoms with van der Waals surface area (Å²) in [6.07, 6.45) is 42.5. The molecule has 514 valence electrons. The maximum atomic E-state index is 12.5. The Morgan fingerprint density at radius 3 is 1.01 bits per heavy atom.